The van der Waals surface area contributed by atoms with Crippen molar-refractivity contribution in [1.82, 2.24) is 4.57 Å². The minimum Gasteiger partial charge on any atom is -0.497 e. The largest absolute Gasteiger partial charge is 0.497 e. The van der Waals surface area contributed by atoms with Crippen molar-refractivity contribution < 1.29 is 9.16 Å². The summed E-state index contributed by atoms with van der Waals surface area (Å²) in [6.07, 6.45) is 2.88. The number of methoxy groups -OCH3 is 1. The number of hydrogen-bond donors (Lipinski definition) is 0. The molecule has 0 saturated carbocycles. The van der Waals surface area contributed by atoms with Crippen LogP contribution in [0.5, 0.6) is 5.75 Å². The Morgan fingerprint density at radius 2 is 1.83 bits per heavy atom. The average Bonchev–Trinajstić information content (AvgIpc) is 3.09. The Morgan fingerprint density at radius 1 is 1.07 bits per heavy atom. The molecule has 0 atom stereocenters. The highest BCUT2D eigenvalue weighted by Crippen LogP contribution is 2.36. The first kappa shape index (κ1) is 21.2. The summed E-state index contributed by atoms with van der Waals surface area (Å²) in [5.74, 6) is 0.847. The lowest BCUT2D eigenvalue weighted by atomic mass is 10.1. The third-order valence-electron chi connectivity index (χ3n) is 6.01. The molecule has 4 nitrogen and oxygen atoms in total. The Morgan fingerprint density at radius 3 is 2.48 bits per heavy atom. The van der Waals surface area contributed by atoms with Gasteiger partial charge in [-0.25, -0.2) is 0 Å². The zero-order valence-corrected chi connectivity index (χ0v) is 19.2. The molecule has 0 unspecified atom stereocenters. The van der Waals surface area contributed by atoms with Gasteiger partial charge >= 0.3 is 0 Å². The van der Waals surface area contributed by atoms with E-state index in [1.807, 2.05) is 24.3 Å². The SMILES string of the molecule is COc1ccc(-n2ccc3cc(C#N)ccc32)c(CCO[Si](C)(C)C(C)(C)C)c1. The topological polar surface area (TPSA) is 47.2 Å². The Bertz CT molecular complexity index is 1050. The van der Waals surface area contributed by atoms with Crippen molar-refractivity contribution in [3.63, 3.8) is 0 Å². The second kappa shape index (κ2) is 8.06. The minimum atomic E-state index is -1.79. The zero-order valence-electron chi connectivity index (χ0n) is 18.2. The van der Waals surface area contributed by atoms with E-state index in [0.29, 0.717) is 12.2 Å². The predicted molar refractivity (Wildman–Crippen MR) is 121 cm³/mol. The van der Waals surface area contributed by atoms with Crippen molar-refractivity contribution in [2.45, 2.75) is 45.3 Å². The lowest BCUT2D eigenvalue weighted by molar-refractivity contribution is 0.291. The maximum Gasteiger partial charge on any atom is 0.191 e. The lowest BCUT2D eigenvalue weighted by Crippen LogP contribution is -2.41. The molecule has 0 fully saturated rings. The number of nitriles is 1. The summed E-state index contributed by atoms with van der Waals surface area (Å²) in [5.41, 5.74) is 4.06. The Balaban J connectivity index is 1.94. The molecule has 1 aromatic heterocycles. The second-order valence-corrected chi connectivity index (χ2v) is 13.7. The van der Waals surface area contributed by atoms with E-state index in [1.54, 1.807) is 7.11 Å². The first-order valence-electron chi connectivity index (χ1n) is 9.99. The summed E-state index contributed by atoms with van der Waals surface area (Å²) in [5, 5.41) is 10.4. The molecule has 1 heterocycles. The van der Waals surface area contributed by atoms with Crippen LogP contribution in [0.2, 0.25) is 18.1 Å². The molecule has 152 valence electrons. The summed E-state index contributed by atoms with van der Waals surface area (Å²) in [6, 6.07) is 16.2. The van der Waals surface area contributed by atoms with E-state index < -0.39 is 8.32 Å². The molecule has 0 N–H and O–H groups in total. The number of rotatable bonds is 6. The normalized spacial score (nSPS) is 12.2. The fourth-order valence-corrected chi connectivity index (χ4v) is 4.22. The molecule has 2 aromatic carbocycles. The molecule has 0 saturated heterocycles. The van der Waals surface area contributed by atoms with E-state index in [1.165, 1.54) is 5.56 Å². The fraction of sp³-hybridized carbons (Fsp3) is 0.375. The van der Waals surface area contributed by atoms with Gasteiger partial charge in [-0.1, -0.05) is 20.8 Å². The molecule has 3 rings (SSSR count). The highest BCUT2D eigenvalue weighted by atomic mass is 28.4. The van der Waals surface area contributed by atoms with Gasteiger partial charge < -0.3 is 13.7 Å². The van der Waals surface area contributed by atoms with Crippen molar-refractivity contribution in [3.05, 3.63) is 59.8 Å². The van der Waals surface area contributed by atoms with Crippen molar-refractivity contribution in [3.8, 4) is 17.5 Å². The van der Waals surface area contributed by atoms with Crippen LogP contribution in [0, 0.1) is 11.3 Å². The summed E-state index contributed by atoms with van der Waals surface area (Å²) in [4.78, 5) is 0. The molecular formula is C24H30N2O2Si. The van der Waals surface area contributed by atoms with Gasteiger partial charge in [-0.15, -0.1) is 0 Å². The molecule has 0 aliphatic heterocycles. The van der Waals surface area contributed by atoms with Gasteiger partial charge in [0, 0.05) is 23.9 Å². The minimum absolute atomic E-state index is 0.194. The molecule has 3 aromatic rings. The van der Waals surface area contributed by atoms with E-state index in [2.05, 4.69) is 68.9 Å². The smallest absolute Gasteiger partial charge is 0.191 e. The van der Waals surface area contributed by atoms with Crippen LogP contribution in [-0.2, 0) is 10.8 Å². The van der Waals surface area contributed by atoms with Crippen LogP contribution < -0.4 is 4.74 Å². The van der Waals surface area contributed by atoms with Crippen LogP contribution in [0.4, 0.5) is 0 Å². The van der Waals surface area contributed by atoms with Gasteiger partial charge in [-0.3, -0.25) is 0 Å². The number of nitrogens with zero attached hydrogens (tertiary/aromatic N) is 2. The van der Waals surface area contributed by atoms with Gasteiger partial charge in [0.1, 0.15) is 5.75 Å². The van der Waals surface area contributed by atoms with E-state index in [9.17, 15) is 0 Å². The summed E-state index contributed by atoms with van der Waals surface area (Å²) in [7, 11) is -0.0934. The summed E-state index contributed by atoms with van der Waals surface area (Å²) in [6.45, 7) is 12.0. The number of fused-ring (bicyclic) bond motifs is 1. The first-order chi connectivity index (χ1) is 13.7. The fourth-order valence-electron chi connectivity index (χ4n) is 3.18. The Hall–Kier alpha value is -2.55. The van der Waals surface area contributed by atoms with E-state index in [4.69, 9.17) is 14.4 Å². The van der Waals surface area contributed by atoms with Crippen LogP contribution in [0.3, 0.4) is 0 Å². The highest BCUT2D eigenvalue weighted by molar-refractivity contribution is 6.74. The maximum absolute atomic E-state index is 9.16. The molecule has 0 amide bonds. The van der Waals surface area contributed by atoms with E-state index in [-0.39, 0.29) is 5.04 Å². The first-order valence-corrected chi connectivity index (χ1v) is 12.9. The number of benzene rings is 2. The average molecular weight is 407 g/mol. The number of hydrogen-bond acceptors (Lipinski definition) is 3. The monoisotopic (exact) mass is 406 g/mol. The van der Waals surface area contributed by atoms with Gasteiger partial charge in [-0.05, 0) is 72.6 Å². The molecule has 0 aliphatic rings. The predicted octanol–water partition coefficient (Wildman–Crippen LogP) is 6.08. The van der Waals surface area contributed by atoms with E-state index in [0.717, 1.165) is 28.8 Å². The molecule has 0 radical (unpaired) electrons. The molecule has 5 heteroatoms. The third-order valence-corrected chi connectivity index (χ3v) is 10.5. The molecule has 0 aliphatic carbocycles. The number of ether oxygens (including phenoxy) is 1. The van der Waals surface area contributed by atoms with Crippen LogP contribution in [0.1, 0.15) is 31.9 Å². The van der Waals surface area contributed by atoms with Crippen LogP contribution in [0.25, 0.3) is 16.6 Å². The van der Waals surface area contributed by atoms with Crippen LogP contribution in [0.15, 0.2) is 48.7 Å². The van der Waals surface area contributed by atoms with Crippen molar-refractivity contribution in [2.24, 2.45) is 0 Å². The molecule has 0 spiro atoms. The zero-order chi connectivity index (χ0) is 21.2. The summed E-state index contributed by atoms with van der Waals surface area (Å²) < 4.78 is 14.1. The van der Waals surface area contributed by atoms with Gasteiger partial charge in [0.25, 0.3) is 0 Å². The van der Waals surface area contributed by atoms with Crippen molar-refractivity contribution in [1.29, 1.82) is 5.26 Å². The summed E-state index contributed by atoms with van der Waals surface area (Å²) >= 11 is 0. The van der Waals surface area contributed by atoms with E-state index >= 15 is 0 Å². The van der Waals surface area contributed by atoms with Gasteiger partial charge in [0.15, 0.2) is 8.32 Å². The molecule has 0 bridgehead atoms. The number of aromatic nitrogens is 1. The van der Waals surface area contributed by atoms with Crippen LogP contribution >= 0.6 is 0 Å². The Kier molecular flexibility index (Phi) is 5.88. The quantitative estimate of drug-likeness (QED) is 0.466. The standard InChI is InChI=1S/C24H30N2O2Si/c1-24(2,3)29(5,6)28-14-12-20-16-21(27-4)8-10-23(20)26-13-11-19-15-18(17-25)7-9-22(19)26/h7-11,13,15-16H,12,14H2,1-6H3. The van der Waals surface area contributed by atoms with Crippen LogP contribution in [-0.4, -0.2) is 26.6 Å². The molecule has 29 heavy (non-hydrogen) atoms. The third kappa shape index (κ3) is 4.39. The molecular weight excluding hydrogens is 376 g/mol. The second-order valence-electron chi connectivity index (χ2n) is 8.92. The van der Waals surface area contributed by atoms with Gasteiger partial charge in [0.2, 0.25) is 0 Å². The highest BCUT2D eigenvalue weighted by Gasteiger charge is 2.36. The van der Waals surface area contributed by atoms with Gasteiger partial charge in [-0.2, -0.15) is 5.26 Å². The van der Waals surface area contributed by atoms with Crippen molar-refractivity contribution in [2.75, 3.05) is 13.7 Å². The van der Waals surface area contributed by atoms with Crippen molar-refractivity contribution >= 4 is 19.2 Å². The van der Waals surface area contributed by atoms with Gasteiger partial charge in [0.05, 0.1) is 24.3 Å². The maximum atomic E-state index is 9.16. The lowest BCUT2D eigenvalue weighted by Gasteiger charge is -2.36. The Labute approximate surface area is 174 Å².